The zero-order valence-electron chi connectivity index (χ0n) is 11.2. The number of hydrogen-bond acceptors (Lipinski definition) is 2. The van der Waals surface area contributed by atoms with Crippen molar-refractivity contribution < 1.29 is 14.7 Å². The zero-order chi connectivity index (χ0) is 14.6. The number of rotatable bonds is 4. The molecule has 0 bridgehead atoms. The molecule has 1 aromatic carbocycles. The van der Waals surface area contributed by atoms with Gasteiger partial charge in [0.2, 0.25) is 5.91 Å². The molecule has 104 valence electrons. The second kappa shape index (κ2) is 6.06. The first kappa shape index (κ1) is 15.5. The molecular weight excluding hydrogens is 266 g/mol. The van der Waals surface area contributed by atoms with Crippen molar-refractivity contribution in [1.29, 1.82) is 0 Å². The van der Waals surface area contributed by atoms with Gasteiger partial charge < -0.3 is 10.4 Å². The van der Waals surface area contributed by atoms with E-state index in [9.17, 15) is 9.59 Å². The quantitative estimate of drug-likeness (QED) is 0.892. The number of amides is 1. The minimum atomic E-state index is -1.04. The Kier molecular flexibility index (Phi) is 4.95. The van der Waals surface area contributed by atoms with E-state index in [4.69, 9.17) is 16.7 Å². The van der Waals surface area contributed by atoms with Gasteiger partial charge in [0.1, 0.15) is 6.04 Å². The fourth-order valence-electron chi connectivity index (χ4n) is 1.68. The Hall–Kier alpha value is -1.55. The lowest BCUT2D eigenvalue weighted by atomic mass is 9.86. The van der Waals surface area contributed by atoms with Gasteiger partial charge in [0.05, 0.1) is 6.42 Å². The monoisotopic (exact) mass is 283 g/mol. The molecule has 1 unspecified atom stereocenters. The van der Waals surface area contributed by atoms with Gasteiger partial charge in [-0.15, -0.1) is 0 Å². The topological polar surface area (TPSA) is 66.4 Å². The number of aliphatic carboxylic acids is 1. The molecule has 0 aromatic heterocycles. The molecule has 2 N–H and O–H groups in total. The summed E-state index contributed by atoms with van der Waals surface area (Å²) in [4.78, 5) is 23.1. The van der Waals surface area contributed by atoms with Gasteiger partial charge in [-0.25, -0.2) is 4.79 Å². The number of carbonyl (C=O) groups excluding carboxylic acids is 1. The molecular formula is C14H18ClNO3. The standard InChI is InChI=1S/C14H18ClNO3/c1-14(2,3)12(13(18)19)16-11(17)8-9-6-4-5-7-10(9)15/h4-7,12H,8H2,1-3H3,(H,16,17)(H,18,19). The summed E-state index contributed by atoms with van der Waals surface area (Å²) in [6.07, 6.45) is 0.0690. The van der Waals surface area contributed by atoms with Crippen LogP contribution < -0.4 is 5.32 Å². The molecule has 0 saturated heterocycles. The third-order valence-corrected chi connectivity index (χ3v) is 3.10. The van der Waals surface area contributed by atoms with Crippen LogP contribution in [0.3, 0.4) is 0 Å². The number of nitrogens with one attached hydrogen (secondary N) is 1. The van der Waals surface area contributed by atoms with Gasteiger partial charge >= 0.3 is 5.97 Å². The average Bonchev–Trinajstić information content (AvgIpc) is 2.27. The number of hydrogen-bond donors (Lipinski definition) is 2. The first-order valence-corrected chi connectivity index (χ1v) is 6.35. The minimum Gasteiger partial charge on any atom is -0.480 e. The number of halogens is 1. The smallest absolute Gasteiger partial charge is 0.326 e. The molecule has 0 aliphatic rings. The van der Waals surface area contributed by atoms with Crippen molar-refractivity contribution >= 4 is 23.5 Å². The van der Waals surface area contributed by atoms with Crippen LogP contribution in [0.4, 0.5) is 0 Å². The molecule has 5 heteroatoms. The molecule has 0 fully saturated rings. The van der Waals surface area contributed by atoms with Crippen LogP contribution in [0, 0.1) is 5.41 Å². The van der Waals surface area contributed by atoms with Crippen LogP contribution in [0.25, 0.3) is 0 Å². The maximum atomic E-state index is 11.9. The van der Waals surface area contributed by atoms with Crippen molar-refractivity contribution in [2.24, 2.45) is 5.41 Å². The first-order chi connectivity index (χ1) is 8.71. The Labute approximate surface area is 117 Å². The van der Waals surface area contributed by atoms with Crippen LogP contribution in [0.1, 0.15) is 26.3 Å². The van der Waals surface area contributed by atoms with Gasteiger partial charge in [-0.05, 0) is 17.0 Å². The molecule has 1 aromatic rings. The molecule has 1 atom stereocenters. The van der Waals surface area contributed by atoms with E-state index in [0.717, 1.165) is 0 Å². The predicted octanol–water partition coefficient (Wildman–Crippen LogP) is 2.50. The van der Waals surface area contributed by atoms with E-state index < -0.39 is 17.4 Å². The van der Waals surface area contributed by atoms with Crippen molar-refractivity contribution in [3.63, 3.8) is 0 Å². The highest BCUT2D eigenvalue weighted by atomic mass is 35.5. The first-order valence-electron chi connectivity index (χ1n) is 5.97. The van der Waals surface area contributed by atoms with E-state index in [-0.39, 0.29) is 12.3 Å². The summed E-state index contributed by atoms with van der Waals surface area (Å²) in [6, 6.07) is 6.07. The van der Waals surface area contributed by atoms with Crippen LogP contribution in [0.5, 0.6) is 0 Å². The largest absolute Gasteiger partial charge is 0.480 e. The molecule has 1 amide bonds. The summed E-state index contributed by atoms with van der Waals surface area (Å²) in [5, 5.41) is 12.2. The van der Waals surface area contributed by atoms with E-state index in [1.54, 1.807) is 45.0 Å². The molecule has 0 aliphatic carbocycles. The van der Waals surface area contributed by atoms with Crippen LogP contribution in [-0.2, 0) is 16.0 Å². The van der Waals surface area contributed by atoms with E-state index in [1.807, 2.05) is 0 Å². The van der Waals surface area contributed by atoms with Gasteiger partial charge in [-0.1, -0.05) is 50.6 Å². The van der Waals surface area contributed by atoms with Crippen LogP contribution in [0.2, 0.25) is 5.02 Å². The number of carboxylic acid groups (broad SMARTS) is 1. The Morgan fingerprint density at radius 3 is 2.37 bits per heavy atom. The zero-order valence-corrected chi connectivity index (χ0v) is 12.0. The van der Waals surface area contributed by atoms with Crippen LogP contribution in [0.15, 0.2) is 24.3 Å². The molecule has 1 rings (SSSR count). The molecule has 0 saturated carbocycles. The third-order valence-electron chi connectivity index (χ3n) is 2.73. The fraction of sp³-hybridized carbons (Fsp3) is 0.429. The SMILES string of the molecule is CC(C)(C)C(NC(=O)Cc1ccccc1Cl)C(=O)O. The minimum absolute atomic E-state index is 0.0690. The van der Waals surface area contributed by atoms with E-state index >= 15 is 0 Å². The van der Waals surface area contributed by atoms with Crippen molar-refractivity contribution in [1.82, 2.24) is 5.32 Å². The van der Waals surface area contributed by atoms with E-state index in [2.05, 4.69) is 5.32 Å². The molecule has 19 heavy (non-hydrogen) atoms. The van der Waals surface area contributed by atoms with Crippen molar-refractivity contribution in [2.45, 2.75) is 33.2 Å². The summed E-state index contributed by atoms with van der Waals surface area (Å²) in [5.41, 5.74) is 0.127. The number of benzene rings is 1. The molecule has 0 radical (unpaired) electrons. The normalized spacial score (nSPS) is 12.8. The van der Waals surface area contributed by atoms with E-state index in [1.165, 1.54) is 0 Å². The van der Waals surface area contributed by atoms with Gasteiger partial charge in [0.25, 0.3) is 0 Å². The highest BCUT2D eigenvalue weighted by Gasteiger charge is 2.32. The van der Waals surface area contributed by atoms with Gasteiger partial charge in [0, 0.05) is 5.02 Å². The molecule has 4 nitrogen and oxygen atoms in total. The summed E-state index contributed by atoms with van der Waals surface area (Å²) >= 11 is 5.96. The van der Waals surface area contributed by atoms with Crippen LogP contribution >= 0.6 is 11.6 Å². The average molecular weight is 284 g/mol. The second-order valence-electron chi connectivity index (χ2n) is 5.47. The van der Waals surface area contributed by atoms with Gasteiger partial charge in [-0.3, -0.25) is 4.79 Å². The summed E-state index contributed by atoms with van der Waals surface area (Å²) in [6.45, 7) is 5.30. The molecule has 0 heterocycles. The lowest BCUT2D eigenvalue weighted by molar-refractivity contribution is -0.144. The maximum Gasteiger partial charge on any atom is 0.326 e. The lowest BCUT2D eigenvalue weighted by Gasteiger charge is -2.27. The third kappa shape index (κ3) is 4.56. The van der Waals surface area contributed by atoms with Gasteiger partial charge in [0.15, 0.2) is 0 Å². The highest BCUT2D eigenvalue weighted by molar-refractivity contribution is 6.31. The predicted molar refractivity (Wildman–Crippen MR) is 74.2 cm³/mol. The summed E-state index contributed by atoms with van der Waals surface area (Å²) < 4.78 is 0. The Balaban J connectivity index is 2.75. The Bertz CT molecular complexity index is 480. The van der Waals surface area contributed by atoms with Crippen molar-refractivity contribution in [3.8, 4) is 0 Å². The molecule has 0 spiro atoms. The fourth-order valence-corrected chi connectivity index (χ4v) is 1.88. The Morgan fingerprint density at radius 1 is 1.32 bits per heavy atom. The lowest BCUT2D eigenvalue weighted by Crippen LogP contribution is -2.49. The Morgan fingerprint density at radius 2 is 1.89 bits per heavy atom. The van der Waals surface area contributed by atoms with Crippen molar-refractivity contribution in [2.75, 3.05) is 0 Å². The summed E-state index contributed by atoms with van der Waals surface area (Å²) in [5.74, 6) is -1.39. The second-order valence-corrected chi connectivity index (χ2v) is 5.88. The number of carboxylic acids is 1. The number of carbonyl (C=O) groups is 2. The van der Waals surface area contributed by atoms with Gasteiger partial charge in [-0.2, -0.15) is 0 Å². The summed E-state index contributed by atoms with van der Waals surface area (Å²) in [7, 11) is 0. The van der Waals surface area contributed by atoms with E-state index in [0.29, 0.717) is 10.6 Å². The molecule has 0 aliphatic heterocycles. The highest BCUT2D eigenvalue weighted by Crippen LogP contribution is 2.20. The maximum absolute atomic E-state index is 11.9. The van der Waals surface area contributed by atoms with Crippen LogP contribution in [-0.4, -0.2) is 23.0 Å². The van der Waals surface area contributed by atoms with Crippen molar-refractivity contribution in [3.05, 3.63) is 34.9 Å².